The summed E-state index contributed by atoms with van der Waals surface area (Å²) in [6.45, 7) is 2.34. The summed E-state index contributed by atoms with van der Waals surface area (Å²) in [6, 6.07) is 9.21. The Kier molecular flexibility index (Phi) is 6.23. The minimum atomic E-state index is 0. The van der Waals surface area contributed by atoms with Crippen LogP contribution in [0.2, 0.25) is 0 Å². The van der Waals surface area contributed by atoms with E-state index in [4.69, 9.17) is 5.73 Å². The SMILES string of the molecule is Cl.Nc1ccc(CC(=O)N2CCN(C(=O)c3ccsc3)CC2)cc1. The van der Waals surface area contributed by atoms with E-state index in [0.717, 1.165) is 11.1 Å². The molecule has 0 unspecified atom stereocenters. The lowest BCUT2D eigenvalue weighted by molar-refractivity contribution is -0.131. The molecule has 0 saturated carbocycles. The number of piperazine rings is 1. The topological polar surface area (TPSA) is 66.6 Å². The predicted molar refractivity (Wildman–Crippen MR) is 98.6 cm³/mol. The van der Waals surface area contributed by atoms with E-state index in [-0.39, 0.29) is 24.2 Å². The van der Waals surface area contributed by atoms with Crippen molar-refractivity contribution < 1.29 is 9.59 Å². The third kappa shape index (κ3) is 4.27. The van der Waals surface area contributed by atoms with Gasteiger partial charge in [0.2, 0.25) is 5.91 Å². The van der Waals surface area contributed by atoms with Crippen molar-refractivity contribution in [2.45, 2.75) is 6.42 Å². The molecule has 2 aromatic rings. The molecule has 0 aliphatic carbocycles. The van der Waals surface area contributed by atoms with E-state index in [0.29, 0.717) is 38.3 Å². The van der Waals surface area contributed by atoms with Gasteiger partial charge >= 0.3 is 0 Å². The molecule has 3 rings (SSSR count). The third-order valence-electron chi connectivity index (χ3n) is 4.02. The van der Waals surface area contributed by atoms with Crippen LogP contribution < -0.4 is 5.73 Å². The molecule has 1 aliphatic heterocycles. The summed E-state index contributed by atoms with van der Waals surface area (Å²) in [5.74, 6) is 0.147. The van der Waals surface area contributed by atoms with Crippen molar-refractivity contribution in [3.63, 3.8) is 0 Å². The summed E-state index contributed by atoms with van der Waals surface area (Å²) < 4.78 is 0. The molecule has 0 bridgehead atoms. The Bertz CT molecular complexity index is 680. The molecule has 2 heterocycles. The second kappa shape index (κ2) is 8.17. The van der Waals surface area contributed by atoms with Crippen LogP contribution in [-0.4, -0.2) is 47.8 Å². The Morgan fingerprint density at radius 2 is 1.62 bits per heavy atom. The van der Waals surface area contributed by atoms with Gasteiger partial charge in [-0.05, 0) is 29.1 Å². The first-order valence-corrected chi connectivity index (χ1v) is 8.51. The van der Waals surface area contributed by atoms with Crippen LogP contribution in [0.4, 0.5) is 5.69 Å². The number of benzene rings is 1. The number of carbonyl (C=O) groups is 2. The van der Waals surface area contributed by atoms with E-state index in [2.05, 4.69) is 0 Å². The van der Waals surface area contributed by atoms with Crippen molar-refractivity contribution in [3.05, 3.63) is 52.2 Å². The minimum Gasteiger partial charge on any atom is -0.399 e. The van der Waals surface area contributed by atoms with E-state index in [1.165, 1.54) is 11.3 Å². The molecule has 2 amide bonds. The van der Waals surface area contributed by atoms with Crippen LogP contribution in [0.25, 0.3) is 0 Å². The smallest absolute Gasteiger partial charge is 0.254 e. The fourth-order valence-corrected chi connectivity index (χ4v) is 3.28. The molecule has 1 aromatic heterocycles. The number of rotatable bonds is 3. The van der Waals surface area contributed by atoms with E-state index < -0.39 is 0 Å². The van der Waals surface area contributed by atoms with Crippen molar-refractivity contribution in [1.29, 1.82) is 0 Å². The van der Waals surface area contributed by atoms with Crippen LogP contribution in [0.1, 0.15) is 15.9 Å². The molecule has 0 atom stereocenters. The van der Waals surface area contributed by atoms with Crippen LogP contribution in [0.5, 0.6) is 0 Å². The second-order valence-electron chi connectivity index (χ2n) is 5.60. The summed E-state index contributed by atoms with van der Waals surface area (Å²) in [6.07, 6.45) is 0.374. The number of hydrogen-bond donors (Lipinski definition) is 1. The molecule has 1 fully saturated rings. The Morgan fingerprint density at radius 1 is 1.00 bits per heavy atom. The zero-order valence-corrected chi connectivity index (χ0v) is 14.8. The van der Waals surface area contributed by atoms with Crippen LogP contribution in [0.15, 0.2) is 41.1 Å². The molecule has 0 spiro atoms. The maximum Gasteiger partial charge on any atom is 0.254 e. The molecule has 0 radical (unpaired) electrons. The van der Waals surface area contributed by atoms with Gasteiger partial charge in [-0.1, -0.05) is 12.1 Å². The van der Waals surface area contributed by atoms with Gasteiger partial charge in [0, 0.05) is 37.2 Å². The fraction of sp³-hybridized carbons (Fsp3) is 0.294. The lowest BCUT2D eigenvalue weighted by Crippen LogP contribution is -2.50. The van der Waals surface area contributed by atoms with Crippen molar-refractivity contribution >= 4 is 41.2 Å². The zero-order chi connectivity index (χ0) is 16.2. The molecular weight excluding hydrogens is 346 g/mol. The summed E-state index contributed by atoms with van der Waals surface area (Å²) in [5, 5.41) is 3.76. The maximum atomic E-state index is 12.4. The van der Waals surface area contributed by atoms with Gasteiger partial charge in [-0.15, -0.1) is 12.4 Å². The van der Waals surface area contributed by atoms with E-state index in [9.17, 15) is 9.59 Å². The highest BCUT2D eigenvalue weighted by molar-refractivity contribution is 7.08. The van der Waals surface area contributed by atoms with Gasteiger partial charge in [-0.2, -0.15) is 11.3 Å². The molecular formula is C17H20ClN3O2S. The average Bonchev–Trinajstić information content (AvgIpc) is 3.11. The first kappa shape index (κ1) is 18.3. The average molecular weight is 366 g/mol. The molecule has 1 aromatic carbocycles. The molecule has 24 heavy (non-hydrogen) atoms. The van der Waals surface area contributed by atoms with Crippen LogP contribution in [0.3, 0.4) is 0 Å². The summed E-state index contributed by atoms with van der Waals surface area (Å²) in [4.78, 5) is 28.3. The first-order chi connectivity index (χ1) is 11.1. The van der Waals surface area contributed by atoms with Gasteiger partial charge in [-0.25, -0.2) is 0 Å². The summed E-state index contributed by atoms with van der Waals surface area (Å²) in [5.41, 5.74) is 8.04. The van der Waals surface area contributed by atoms with Gasteiger partial charge in [-0.3, -0.25) is 9.59 Å². The number of hydrogen-bond acceptors (Lipinski definition) is 4. The number of amides is 2. The van der Waals surface area contributed by atoms with E-state index >= 15 is 0 Å². The van der Waals surface area contributed by atoms with Crippen molar-refractivity contribution in [2.24, 2.45) is 0 Å². The highest BCUT2D eigenvalue weighted by Gasteiger charge is 2.24. The molecule has 128 valence electrons. The number of anilines is 1. The Hall–Kier alpha value is -2.05. The number of nitrogens with zero attached hydrogens (tertiary/aromatic N) is 2. The lowest BCUT2D eigenvalue weighted by atomic mass is 10.1. The maximum absolute atomic E-state index is 12.4. The van der Waals surface area contributed by atoms with Gasteiger partial charge in [0.05, 0.1) is 12.0 Å². The third-order valence-corrected chi connectivity index (χ3v) is 4.71. The minimum absolute atomic E-state index is 0. The van der Waals surface area contributed by atoms with Gasteiger partial charge in [0.1, 0.15) is 0 Å². The van der Waals surface area contributed by atoms with Crippen molar-refractivity contribution in [3.8, 4) is 0 Å². The fourth-order valence-electron chi connectivity index (χ4n) is 2.65. The Labute approximate surface area is 151 Å². The molecule has 7 heteroatoms. The number of thiophene rings is 1. The number of halogens is 1. The number of carbonyl (C=O) groups excluding carboxylic acids is 2. The van der Waals surface area contributed by atoms with Crippen LogP contribution in [-0.2, 0) is 11.2 Å². The van der Waals surface area contributed by atoms with Crippen molar-refractivity contribution in [2.75, 3.05) is 31.9 Å². The van der Waals surface area contributed by atoms with Gasteiger partial charge in [0.15, 0.2) is 0 Å². The number of nitrogen functional groups attached to an aromatic ring is 1. The van der Waals surface area contributed by atoms with Crippen molar-refractivity contribution in [1.82, 2.24) is 9.80 Å². The molecule has 2 N–H and O–H groups in total. The van der Waals surface area contributed by atoms with E-state index in [1.54, 1.807) is 12.1 Å². The summed E-state index contributed by atoms with van der Waals surface area (Å²) >= 11 is 1.52. The van der Waals surface area contributed by atoms with Gasteiger partial charge < -0.3 is 15.5 Å². The lowest BCUT2D eigenvalue weighted by Gasteiger charge is -2.34. The molecule has 5 nitrogen and oxygen atoms in total. The zero-order valence-electron chi connectivity index (χ0n) is 13.2. The second-order valence-corrected chi connectivity index (χ2v) is 6.38. The monoisotopic (exact) mass is 365 g/mol. The van der Waals surface area contributed by atoms with Crippen LogP contribution >= 0.6 is 23.7 Å². The van der Waals surface area contributed by atoms with E-state index in [1.807, 2.05) is 38.8 Å². The quantitative estimate of drug-likeness (QED) is 0.848. The first-order valence-electron chi connectivity index (χ1n) is 7.57. The largest absolute Gasteiger partial charge is 0.399 e. The van der Waals surface area contributed by atoms with Crippen LogP contribution in [0, 0.1) is 0 Å². The molecule has 1 saturated heterocycles. The highest BCUT2D eigenvalue weighted by Crippen LogP contribution is 2.13. The Balaban J connectivity index is 0.00000208. The van der Waals surface area contributed by atoms with Gasteiger partial charge in [0.25, 0.3) is 5.91 Å². The normalized spacial score (nSPS) is 14.2. The highest BCUT2D eigenvalue weighted by atomic mass is 35.5. The molecule has 1 aliphatic rings. The predicted octanol–water partition coefficient (Wildman–Crippen LogP) is 2.28. The Morgan fingerprint density at radius 3 is 2.21 bits per heavy atom. The standard InChI is InChI=1S/C17H19N3O2S.ClH/c18-15-3-1-13(2-4-15)11-16(21)19-6-8-20(9-7-19)17(22)14-5-10-23-12-14;/h1-5,10,12H,6-9,11,18H2;1H. The number of nitrogens with two attached hydrogens (primary N) is 1. The summed E-state index contributed by atoms with van der Waals surface area (Å²) in [7, 11) is 0.